The molecule has 3 aromatic heterocycles. The molecule has 1 fully saturated rings. The molecular formula is C16H16N4S. The standard InChI is InChI=1S/C16H16N4S/c1-2-10-20-14(11-18-12-4-5-12)16(19-15(20)3-1)21-13-6-8-17-9-7-13/h1-3,6-10,12,18H,4-5,11H2. The number of pyridine rings is 2. The maximum atomic E-state index is 4.77. The molecule has 106 valence electrons. The van der Waals surface area contributed by atoms with Crippen LogP contribution in [0.5, 0.6) is 0 Å². The van der Waals surface area contributed by atoms with Crippen LogP contribution in [-0.4, -0.2) is 20.4 Å². The molecule has 1 N–H and O–H groups in total. The lowest BCUT2D eigenvalue weighted by atomic mass is 10.4. The first-order valence-corrected chi connectivity index (χ1v) is 7.99. The van der Waals surface area contributed by atoms with Crippen molar-refractivity contribution in [3.8, 4) is 0 Å². The molecule has 3 aromatic rings. The van der Waals surface area contributed by atoms with E-state index in [2.05, 4.69) is 33.0 Å². The van der Waals surface area contributed by atoms with Gasteiger partial charge < -0.3 is 9.72 Å². The molecule has 3 heterocycles. The average Bonchev–Trinajstić information content (AvgIpc) is 3.28. The molecule has 5 heteroatoms. The lowest BCUT2D eigenvalue weighted by Gasteiger charge is -2.06. The molecule has 0 spiro atoms. The van der Waals surface area contributed by atoms with Crippen LogP contribution >= 0.6 is 11.8 Å². The molecule has 0 aliphatic heterocycles. The van der Waals surface area contributed by atoms with Crippen LogP contribution in [0.4, 0.5) is 0 Å². The third-order valence-electron chi connectivity index (χ3n) is 3.59. The van der Waals surface area contributed by atoms with Gasteiger partial charge in [0.05, 0.1) is 5.69 Å². The van der Waals surface area contributed by atoms with Crippen molar-refractivity contribution in [3.63, 3.8) is 0 Å². The topological polar surface area (TPSA) is 42.2 Å². The van der Waals surface area contributed by atoms with E-state index in [4.69, 9.17) is 4.98 Å². The second-order valence-electron chi connectivity index (χ2n) is 5.23. The SMILES string of the molecule is c1ccn2c(CNC3CC3)c(Sc3ccncc3)nc2c1. The summed E-state index contributed by atoms with van der Waals surface area (Å²) < 4.78 is 2.18. The highest BCUT2D eigenvalue weighted by atomic mass is 32.2. The summed E-state index contributed by atoms with van der Waals surface area (Å²) in [4.78, 5) is 10.0. The summed E-state index contributed by atoms with van der Waals surface area (Å²) >= 11 is 1.70. The molecule has 1 aliphatic carbocycles. The number of hydrogen-bond acceptors (Lipinski definition) is 4. The summed E-state index contributed by atoms with van der Waals surface area (Å²) in [5, 5.41) is 4.66. The minimum atomic E-state index is 0.693. The highest BCUT2D eigenvalue weighted by Crippen LogP contribution is 2.30. The number of imidazole rings is 1. The van der Waals surface area contributed by atoms with E-state index < -0.39 is 0 Å². The van der Waals surface area contributed by atoms with Gasteiger partial charge in [0.1, 0.15) is 10.7 Å². The van der Waals surface area contributed by atoms with Crippen molar-refractivity contribution in [2.45, 2.75) is 35.3 Å². The average molecular weight is 296 g/mol. The zero-order valence-corrected chi connectivity index (χ0v) is 12.4. The summed E-state index contributed by atoms with van der Waals surface area (Å²) in [6, 6.07) is 10.9. The molecular weight excluding hydrogens is 280 g/mol. The van der Waals surface area contributed by atoms with Gasteiger partial charge >= 0.3 is 0 Å². The van der Waals surface area contributed by atoms with Crippen LogP contribution in [0.3, 0.4) is 0 Å². The van der Waals surface area contributed by atoms with Gasteiger partial charge in [0.25, 0.3) is 0 Å². The van der Waals surface area contributed by atoms with Gasteiger partial charge in [-0.2, -0.15) is 0 Å². The highest BCUT2D eigenvalue weighted by Gasteiger charge is 2.22. The molecule has 4 rings (SSSR count). The van der Waals surface area contributed by atoms with E-state index in [1.165, 1.54) is 23.4 Å². The Morgan fingerprint density at radius 2 is 2.05 bits per heavy atom. The van der Waals surface area contributed by atoms with Crippen LogP contribution in [0.15, 0.2) is 58.8 Å². The fraction of sp³-hybridized carbons (Fsp3) is 0.250. The molecule has 0 bridgehead atoms. The van der Waals surface area contributed by atoms with Crippen molar-refractivity contribution < 1.29 is 0 Å². The first-order chi connectivity index (χ1) is 10.4. The smallest absolute Gasteiger partial charge is 0.138 e. The lowest BCUT2D eigenvalue weighted by Crippen LogP contribution is -2.17. The van der Waals surface area contributed by atoms with E-state index in [1.807, 2.05) is 30.6 Å². The Kier molecular flexibility index (Phi) is 3.37. The lowest BCUT2D eigenvalue weighted by molar-refractivity contribution is 0.661. The molecule has 21 heavy (non-hydrogen) atoms. The monoisotopic (exact) mass is 296 g/mol. The molecule has 1 saturated carbocycles. The quantitative estimate of drug-likeness (QED) is 0.785. The number of fused-ring (bicyclic) bond motifs is 1. The first kappa shape index (κ1) is 12.9. The van der Waals surface area contributed by atoms with Crippen LogP contribution in [0, 0.1) is 0 Å². The Morgan fingerprint density at radius 3 is 2.86 bits per heavy atom. The minimum absolute atomic E-state index is 0.693. The normalized spacial score (nSPS) is 14.7. The Bertz CT molecular complexity index is 749. The molecule has 0 unspecified atom stereocenters. The van der Waals surface area contributed by atoms with Crippen molar-refractivity contribution in [1.82, 2.24) is 19.7 Å². The van der Waals surface area contributed by atoms with Gasteiger partial charge in [0, 0.05) is 36.1 Å². The zero-order chi connectivity index (χ0) is 14.1. The second kappa shape index (κ2) is 5.50. The number of hydrogen-bond donors (Lipinski definition) is 1. The Labute approximate surface area is 127 Å². The minimum Gasteiger partial charge on any atom is -0.308 e. The van der Waals surface area contributed by atoms with Crippen molar-refractivity contribution in [2.75, 3.05) is 0 Å². The Hall–Kier alpha value is -1.85. The Morgan fingerprint density at radius 1 is 1.19 bits per heavy atom. The Balaban J connectivity index is 1.69. The van der Waals surface area contributed by atoms with Gasteiger partial charge in [0.2, 0.25) is 0 Å². The summed E-state index contributed by atoms with van der Waals surface area (Å²) in [5.41, 5.74) is 2.24. The van der Waals surface area contributed by atoms with Gasteiger partial charge in [-0.25, -0.2) is 4.98 Å². The fourth-order valence-corrected chi connectivity index (χ4v) is 3.22. The van der Waals surface area contributed by atoms with E-state index >= 15 is 0 Å². The van der Waals surface area contributed by atoms with E-state index in [0.717, 1.165) is 17.2 Å². The van der Waals surface area contributed by atoms with Gasteiger partial charge in [-0.05, 0) is 37.1 Å². The van der Waals surface area contributed by atoms with Crippen LogP contribution in [0.1, 0.15) is 18.5 Å². The number of rotatable bonds is 5. The second-order valence-corrected chi connectivity index (χ2v) is 6.29. The van der Waals surface area contributed by atoms with E-state index in [0.29, 0.717) is 6.04 Å². The summed E-state index contributed by atoms with van der Waals surface area (Å²) in [5.74, 6) is 0. The number of nitrogens with zero attached hydrogens (tertiary/aromatic N) is 3. The zero-order valence-electron chi connectivity index (χ0n) is 11.6. The molecule has 4 nitrogen and oxygen atoms in total. The maximum absolute atomic E-state index is 4.77. The van der Waals surface area contributed by atoms with Crippen molar-refractivity contribution in [2.24, 2.45) is 0 Å². The van der Waals surface area contributed by atoms with Crippen LogP contribution < -0.4 is 5.32 Å². The third-order valence-corrected chi connectivity index (χ3v) is 4.62. The molecule has 0 amide bonds. The van der Waals surface area contributed by atoms with Crippen LogP contribution in [0.25, 0.3) is 5.65 Å². The molecule has 0 saturated heterocycles. The summed E-state index contributed by atoms with van der Waals surface area (Å²) in [6.45, 7) is 0.864. The summed E-state index contributed by atoms with van der Waals surface area (Å²) in [7, 11) is 0. The largest absolute Gasteiger partial charge is 0.308 e. The van der Waals surface area contributed by atoms with Gasteiger partial charge in [-0.1, -0.05) is 17.8 Å². The predicted octanol–water partition coefficient (Wildman–Crippen LogP) is 3.13. The predicted molar refractivity (Wildman–Crippen MR) is 83.4 cm³/mol. The van der Waals surface area contributed by atoms with Crippen molar-refractivity contribution >= 4 is 17.4 Å². The van der Waals surface area contributed by atoms with Gasteiger partial charge in [-0.3, -0.25) is 4.98 Å². The highest BCUT2D eigenvalue weighted by molar-refractivity contribution is 7.99. The maximum Gasteiger partial charge on any atom is 0.138 e. The van der Waals surface area contributed by atoms with Crippen molar-refractivity contribution in [3.05, 3.63) is 54.6 Å². The van der Waals surface area contributed by atoms with E-state index in [1.54, 1.807) is 11.8 Å². The summed E-state index contributed by atoms with van der Waals surface area (Å²) in [6.07, 6.45) is 8.32. The number of nitrogens with one attached hydrogen (secondary N) is 1. The van der Waals surface area contributed by atoms with Gasteiger partial charge in [-0.15, -0.1) is 0 Å². The van der Waals surface area contributed by atoms with Crippen LogP contribution in [-0.2, 0) is 6.54 Å². The first-order valence-electron chi connectivity index (χ1n) is 7.17. The van der Waals surface area contributed by atoms with E-state index in [-0.39, 0.29) is 0 Å². The van der Waals surface area contributed by atoms with E-state index in [9.17, 15) is 0 Å². The molecule has 1 aliphatic rings. The third kappa shape index (κ3) is 2.80. The van der Waals surface area contributed by atoms with Crippen molar-refractivity contribution in [1.29, 1.82) is 0 Å². The molecule has 0 aromatic carbocycles. The molecule has 0 radical (unpaired) electrons. The molecule has 0 atom stereocenters. The van der Waals surface area contributed by atoms with Gasteiger partial charge in [0.15, 0.2) is 0 Å². The number of aromatic nitrogens is 3. The van der Waals surface area contributed by atoms with Crippen LogP contribution in [0.2, 0.25) is 0 Å². The fourth-order valence-electron chi connectivity index (χ4n) is 2.31.